The van der Waals surface area contributed by atoms with E-state index in [9.17, 15) is 4.79 Å². The number of para-hydroxylation sites is 1. The molecule has 3 N–H and O–H groups in total. The standard InChI is InChI=1S/C17H18N2OS/c1-11(13-7-3-4-8-14(13)18)19-17(20)16-10-12-6-2-5-9-15(12)21-16/h2-9,11,16H,10,18H2,1H3,(H,19,20). The van der Waals surface area contributed by atoms with E-state index in [1.165, 1.54) is 10.5 Å². The highest BCUT2D eigenvalue weighted by Gasteiger charge is 2.28. The summed E-state index contributed by atoms with van der Waals surface area (Å²) in [5.74, 6) is 0.0759. The summed E-state index contributed by atoms with van der Waals surface area (Å²) in [6.07, 6.45) is 0.795. The molecule has 2 aromatic rings. The molecule has 4 heteroatoms. The first-order chi connectivity index (χ1) is 10.1. The van der Waals surface area contributed by atoms with Crippen LogP contribution in [0.4, 0.5) is 5.69 Å². The highest BCUT2D eigenvalue weighted by molar-refractivity contribution is 8.01. The Morgan fingerprint density at radius 1 is 1.24 bits per heavy atom. The monoisotopic (exact) mass is 298 g/mol. The van der Waals surface area contributed by atoms with Gasteiger partial charge in [0.05, 0.1) is 11.3 Å². The van der Waals surface area contributed by atoms with Crippen molar-refractivity contribution in [1.29, 1.82) is 0 Å². The number of nitrogens with one attached hydrogen (secondary N) is 1. The lowest BCUT2D eigenvalue weighted by Gasteiger charge is -2.18. The summed E-state index contributed by atoms with van der Waals surface area (Å²) in [7, 11) is 0. The highest BCUT2D eigenvalue weighted by Crippen LogP contribution is 2.37. The number of rotatable bonds is 3. The van der Waals surface area contributed by atoms with Crippen molar-refractivity contribution in [2.45, 2.75) is 29.5 Å². The number of carbonyl (C=O) groups is 1. The van der Waals surface area contributed by atoms with Gasteiger partial charge in [-0.05, 0) is 36.6 Å². The van der Waals surface area contributed by atoms with Crippen LogP contribution in [0.5, 0.6) is 0 Å². The fraction of sp³-hybridized carbons (Fsp3) is 0.235. The maximum atomic E-state index is 12.4. The minimum Gasteiger partial charge on any atom is -0.398 e. The molecule has 0 bridgehead atoms. The van der Waals surface area contributed by atoms with Gasteiger partial charge in [0.1, 0.15) is 0 Å². The van der Waals surface area contributed by atoms with Crippen LogP contribution in [-0.2, 0) is 11.2 Å². The SMILES string of the molecule is CC(NC(=O)C1Cc2ccccc2S1)c1ccccc1N. The number of hydrogen-bond acceptors (Lipinski definition) is 3. The first-order valence-electron chi connectivity index (χ1n) is 7.04. The van der Waals surface area contributed by atoms with E-state index in [4.69, 9.17) is 5.73 Å². The first-order valence-corrected chi connectivity index (χ1v) is 7.92. The average Bonchev–Trinajstić information content (AvgIpc) is 2.91. The Balaban J connectivity index is 1.67. The van der Waals surface area contributed by atoms with Crippen LogP contribution in [0.3, 0.4) is 0 Å². The summed E-state index contributed by atoms with van der Waals surface area (Å²) in [6.45, 7) is 1.97. The minimum atomic E-state index is -0.0805. The lowest BCUT2D eigenvalue weighted by molar-refractivity contribution is -0.121. The zero-order valence-corrected chi connectivity index (χ0v) is 12.7. The van der Waals surface area contributed by atoms with Gasteiger partial charge in [-0.25, -0.2) is 0 Å². The van der Waals surface area contributed by atoms with E-state index in [0.29, 0.717) is 5.69 Å². The normalized spacial score (nSPS) is 18.0. The maximum Gasteiger partial charge on any atom is 0.234 e. The third-order valence-electron chi connectivity index (χ3n) is 3.76. The summed E-state index contributed by atoms with van der Waals surface area (Å²) >= 11 is 1.64. The fourth-order valence-electron chi connectivity index (χ4n) is 2.62. The molecule has 1 amide bonds. The molecular formula is C17H18N2OS. The number of nitrogen functional groups attached to an aromatic ring is 1. The largest absolute Gasteiger partial charge is 0.398 e. The summed E-state index contributed by atoms with van der Waals surface area (Å²) in [4.78, 5) is 13.6. The molecule has 0 saturated heterocycles. The summed E-state index contributed by atoms with van der Waals surface area (Å²) < 4.78 is 0. The number of benzene rings is 2. The van der Waals surface area contributed by atoms with Gasteiger partial charge in [0.25, 0.3) is 0 Å². The van der Waals surface area contributed by atoms with Gasteiger partial charge in [-0.3, -0.25) is 4.79 Å². The molecule has 3 nitrogen and oxygen atoms in total. The van der Waals surface area contributed by atoms with Crippen molar-refractivity contribution in [1.82, 2.24) is 5.32 Å². The van der Waals surface area contributed by atoms with Crippen molar-refractivity contribution in [2.75, 3.05) is 5.73 Å². The number of hydrogen-bond donors (Lipinski definition) is 2. The Morgan fingerprint density at radius 2 is 1.95 bits per heavy atom. The number of amides is 1. The highest BCUT2D eigenvalue weighted by atomic mass is 32.2. The molecule has 1 aliphatic heterocycles. The third kappa shape index (κ3) is 2.90. The van der Waals surface area contributed by atoms with Gasteiger partial charge in [-0.2, -0.15) is 0 Å². The van der Waals surface area contributed by atoms with Gasteiger partial charge in [-0.1, -0.05) is 36.4 Å². The van der Waals surface area contributed by atoms with Crippen LogP contribution >= 0.6 is 11.8 Å². The molecule has 0 spiro atoms. The van der Waals surface area contributed by atoms with Gasteiger partial charge in [-0.15, -0.1) is 11.8 Å². The molecule has 108 valence electrons. The molecule has 0 aromatic heterocycles. The van der Waals surface area contributed by atoms with Gasteiger partial charge in [0.2, 0.25) is 5.91 Å². The fourth-order valence-corrected chi connectivity index (χ4v) is 3.82. The van der Waals surface area contributed by atoms with Crippen LogP contribution in [0, 0.1) is 0 Å². The van der Waals surface area contributed by atoms with E-state index in [1.807, 2.05) is 43.3 Å². The van der Waals surface area contributed by atoms with E-state index >= 15 is 0 Å². The van der Waals surface area contributed by atoms with E-state index in [0.717, 1.165) is 12.0 Å². The third-order valence-corrected chi connectivity index (χ3v) is 5.08. The Labute approximate surface area is 128 Å². The number of thioether (sulfide) groups is 1. The van der Waals surface area contributed by atoms with E-state index in [2.05, 4.69) is 17.4 Å². The van der Waals surface area contributed by atoms with E-state index < -0.39 is 0 Å². The molecule has 0 saturated carbocycles. The van der Waals surface area contributed by atoms with Crippen molar-refractivity contribution in [3.63, 3.8) is 0 Å². The second kappa shape index (κ2) is 5.82. The van der Waals surface area contributed by atoms with E-state index in [-0.39, 0.29) is 17.2 Å². The van der Waals surface area contributed by atoms with Crippen molar-refractivity contribution < 1.29 is 4.79 Å². The van der Waals surface area contributed by atoms with Crippen LogP contribution in [0.15, 0.2) is 53.4 Å². The van der Waals surface area contributed by atoms with Crippen LogP contribution in [0.25, 0.3) is 0 Å². The van der Waals surface area contributed by atoms with Crippen molar-refractivity contribution in [3.05, 3.63) is 59.7 Å². The minimum absolute atomic E-state index is 0.0465. The molecule has 2 atom stereocenters. The second-order valence-corrected chi connectivity index (χ2v) is 6.52. The molecule has 21 heavy (non-hydrogen) atoms. The number of anilines is 1. The average molecular weight is 298 g/mol. The van der Waals surface area contributed by atoms with Crippen LogP contribution in [0.2, 0.25) is 0 Å². The Morgan fingerprint density at radius 3 is 2.71 bits per heavy atom. The zero-order chi connectivity index (χ0) is 14.8. The summed E-state index contributed by atoms with van der Waals surface area (Å²) in [6, 6.07) is 15.8. The maximum absolute atomic E-state index is 12.4. The lowest BCUT2D eigenvalue weighted by Crippen LogP contribution is -2.34. The quantitative estimate of drug-likeness (QED) is 0.856. The van der Waals surface area contributed by atoms with E-state index in [1.54, 1.807) is 11.8 Å². The Hall–Kier alpha value is -1.94. The predicted molar refractivity (Wildman–Crippen MR) is 87.2 cm³/mol. The molecule has 3 rings (SSSR count). The van der Waals surface area contributed by atoms with Crippen LogP contribution in [0.1, 0.15) is 24.1 Å². The molecular weight excluding hydrogens is 280 g/mol. The van der Waals surface area contributed by atoms with Crippen molar-refractivity contribution in [2.24, 2.45) is 0 Å². The molecule has 0 fully saturated rings. The lowest BCUT2D eigenvalue weighted by atomic mass is 10.1. The Bertz CT molecular complexity index is 646. The molecule has 1 heterocycles. The summed E-state index contributed by atoms with van der Waals surface area (Å²) in [5, 5.41) is 3.03. The zero-order valence-electron chi connectivity index (χ0n) is 11.9. The topological polar surface area (TPSA) is 55.1 Å². The molecule has 1 aliphatic rings. The van der Waals surface area contributed by atoms with Gasteiger partial charge in [0, 0.05) is 10.6 Å². The number of carbonyl (C=O) groups excluding carboxylic acids is 1. The summed E-state index contributed by atoms with van der Waals surface area (Å²) in [5.41, 5.74) is 8.90. The second-order valence-electron chi connectivity index (χ2n) is 5.28. The Kier molecular flexibility index (Phi) is 3.88. The first kappa shape index (κ1) is 14.0. The smallest absolute Gasteiger partial charge is 0.234 e. The number of nitrogens with two attached hydrogens (primary N) is 1. The molecule has 0 radical (unpaired) electrons. The van der Waals surface area contributed by atoms with Gasteiger partial charge < -0.3 is 11.1 Å². The number of fused-ring (bicyclic) bond motifs is 1. The van der Waals surface area contributed by atoms with Crippen LogP contribution < -0.4 is 11.1 Å². The predicted octanol–water partition coefficient (Wildman–Crippen LogP) is 3.16. The van der Waals surface area contributed by atoms with Gasteiger partial charge in [0.15, 0.2) is 0 Å². The van der Waals surface area contributed by atoms with Crippen LogP contribution in [-0.4, -0.2) is 11.2 Å². The van der Waals surface area contributed by atoms with Crippen molar-refractivity contribution in [3.8, 4) is 0 Å². The molecule has 2 aromatic carbocycles. The molecule has 0 aliphatic carbocycles. The molecule has 2 unspecified atom stereocenters. The van der Waals surface area contributed by atoms with Crippen molar-refractivity contribution >= 4 is 23.4 Å². The van der Waals surface area contributed by atoms with Gasteiger partial charge >= 0.3 is 0 Å².